The minimum absolute atomic E-state index is 0.355. The number of aromatic nitrogens is 1. The normalized spacial score (nSPS) is 12.4. The highest BCUT2D eigenvalue weighted by molar-refractivity contribution is 7.11. The number of thiazole rings is 1. The van der Waals surface area contributed by atoms with Gasteiger partial charge in [0.15, 0.2) is 0 Å². The molecule has 0 amide bonds. The molecule has 0 aliphatic heterocycles. The fraction of sp³-hybridized carbons (Fsp3) is 0.400. The third-order valence-electron chi connectivity index (χ3n) is 2.89. The van der Waals surface area contributed by atoms with E-state index < -0.39 is 0 Å². The van der Waals surface area contributed by atoms with E-state index in [9.17, 15) is 0 Å². The molecule has 1 aromatic heterocycles. The molecule has 0 radical (unpaired) electrons. The molecule has 3 nitrogen and oxygen atoms in total. The van der Waals surface area contributed by atoms with Gasteiger partial charge in [0.1, 0.15) is 17.4 Å². The average molecular weight is 276 g/mol. The first-order valence-corrected chi connectivity index (χ1v) is 7.39. The van der Waals surface area contributed by atoms with Crippen LogP contribution in [0.5, 0.6) is 5.75 Å². The van der Waals surface area contributed by atoms with Crippen molar-refractivity contribution in [3.05, 3.63) is 45.9 Å². The van der Waals surface area contributed by atoms with E-state index >= 15 is 0 Å². The lowest BCUT2D eigenvalue weighted by molar-refractivity contribution is 0.305. The Morgan fingerprint density at radius 3 is 2.74 bits per heavy atom. The molecule has 0 aliphatic carbocycles. The largest absolute Gasteiger partial charge is 0.486 e. The third-order valence-corrected chi connectivity index (χ3v) is 4.20. The fourth-order valence-electron chi connectivity index (χ4n) is 1.99. The Bertz CT molecular complexity index is 510. The molecule has 0 saturated heterocycles. The Labute approximate surface area is 118 Å². The number of nitrogens with one attached hydrogen (secondary N) is 1. The summed E-state index contributed by atoms with van der Waals surface area (Å²) < 4.78 is 5.73. The second-order valence-electron chi connectivity index (χ2n) is 4.44. The van der Waals surface area contributed by atoms with E-state index in [2.05, 4.69) is 31.1 Å². The smallest absolute Gasteiger partial charge is 0.140 e. The summed E-state index contributed by atoms with van der Waals surface area (Å²) in [6, 6.07) is 10.2. The summed E-state index contributed by atoms with van der Waals surface area (Å²) >= 11 is 1.73. The quantitative estimate of drug-likeness (QED) is 0.873. The van der Waals surface area contributed by atoms with Crippen LogP contribution in [0.25, 0.3) is 0 Å². The van der Waals surface area contributed by atoms with E-state index in [0.29, 0.717) is 12.6 Å². The number of hydrogen-bond donors (Lipinski definition) is 1. The van der Waals surface area contributed by atoms with Crippen molar-refractivity contribution in [2.45, 2.75) is 33.4 Å². The van der Waals surface area contributed by atoms with Crippen molar-refractivity contribution in [2.75, 3.05) is 6.54 Å². The van der Waals surface area contributed by atoms with Gasteiger partial charge in [-0.1, -0.05) is 25.1 Å². The standard InChI is InChI=1S/C15H20N2OS/c1-4-16-11(2)15-12(3)17-14(19-15)10-18-13-8-6-5-7-9-13/h5-9,11,16H,4,10H2,1-3H3. The zero-order valence-electron chi connectivity index (χ0n) is 11.6. The second kappa shape index (κ2) is 6.68. The lowest BCUT2D eigenvalue weighted by Gasteiger charge is -2.09. The summed E-state index contributed by atoms with van der Waals surface area (Å²) in [7, 11) is 0. The number of benzene rings is 1. The van der Waals surface area contributed by atoms with Crippen LogP contribution in [-0.2, 0) is 6.61 Å². The van der Waals surface area contributed by atoms with E-state index in [4.69, 9.17) is 4.74 Å². The maximum Gasteiger partial charge on any atom is 0.140 e. The zero-order chi connectivity index (χ0) is 13.7. The molecule has 1 atom stereocenters. The second-order valence-corrected chi connectivity index (χ2v) is 5.55. The van der Waals surface area contributed by atoms with E-state index in [1.165, 1.54) is 4.88 Å². The van der Waals surface area contributed by atoms with Crippen LogP contribution in [0.15, 0.2) is 30.3 Å². The number of rotatable bonds is 6. The molecule has 4 heteroatoms. The molecule has 102 valence electrons. The van der Waals surface area contributed by atoms with Gasteiger partial charge < -0.3 is 10.1 Å². The molecule has 0 bridgehead atoms. The molecule has 1 N–H and O–H groups in total. The summed E-state index contributed by atoms with van der Waals surface area (Å²) in [5.74, 6) is 0.886. The Kier molecular flexibility index (Phi) is 4.93. The average Bonchev–Trinajstić information content (AvgIpc) is 2.79. The molecule has 1 heterocycles. The molecule has 1 unspecified atom stereocenters. The summed E-state index contributed by atoms with van der Waals surface area (Å²) in [6.45, 7) is 7.85. The van der Waals surface area contributed by atoms with Crippen molar-refractivity contribution in [3.8, 4) is 5.75 Å². The predicted molar refractivity (Wildman–Crippen MR) is 79.7 cm³/mol. The Balaban J connectivity index is 2.00. The first-order chi connectivity index (χ1) is 9.20. The molecule has 0 aliphatic rings. The van der Waals surface area contributed by atoms with Gasteiger partial charge in [-0.25, -0.2) is 4.98 Å². The molecule has 19 heavy (non-hydrogen) atoms. The lowest BCUT2D eigenvalue weighted by atomic mass is 10.2. The first kappa shape index (κ1) is 14.0. The van der Waals surface area contributed by atoms with Crippen LogP contribution in [-0.4, -0.2) is 11.5 Å². The van der Waals surface area contributed by atoms with Crippen LogP contribution < -0.4 is 10.1 Å². The predicted octanol–water partition coefficient (Wildman–Crippen LogP) is 3.70. The van der Waals surface area contributed by atoms with Gasteiger partial charge in [-0.3, -0.25) is 0 Å². The highest BCUT2D eigenvalue weighted by atomic mass is 32.1. The minimum atomic E-state index is 0.355. The van der Waals surface area contributed by atoms with Gasteiger partial charge in [-0.05, 0) is 32.5 Å². The summed E-state index contributed by atoms with van der Waals surface area (Å²) in [4.78, 5) is 5.88. The molecule has 1 aromatic carbocycles. The number of ether oxygens (including phenoxy) is 1. The van der Waals surface area contributed by atoms with Crippen molar-refractivity contribution in [2.24, 2.45) is 0 Å². The summed E-state index contributed by atoms with van der Waals surface area (Å²) in [5.41, 5.74) is 1.10. The van der Waals surface area contributed by atoms with Crippen molar-refractivity contribution in [1.82, 2.24) is 10.3 Å². The Hall–Kier alpha value is -1.39. The highest BCUT2D eigenvalue weighted by Crippen LogP contribution is 2.25. The molecule has 2 rings (SSSR count). The molecule has 2 aromatic rings. The summed E-state index contributed by atoms with van der Waals surface area (Å²) in [6.07, 6.45) is 0. The van der Waals surface area contributed by atoms with E-state index in [1.54, 1.807) is 11.3 Å². The van der Waals surface area contributed by atoms with Gasteiger partial charge in [-0.2, -0.15) is 0 Å². The van der Waals surface area contributed by atoms with Crippen LogP contribution in [0.1, 0.15) is 35.5 Å². The number of hydrogen-bond acceptors (Lipinski definition) is 4. The maximum atomic E-state index is 5.73. The maximum absolute atomic E-state index is 5.73. The van der Waals surface area contributed by atoms with Crippen LogP contribution >= 0.6 is 11.3 Å². The van der Waals surface area contributed by atoms with Gasteiger partial charge in [0, 0.05) is 10.9 Å². The van der Waals surface area contributed by atoms with Gasteiger partial charge in [0.2, 0.25) is 0 Å². The summed E-state index contributed by atoms with van der Waals surface area (Å²) in [5, 5.41) is 4.45. The van der Waals surface area contributed by atoms with E-state index in [-0.39, 0.29) is 0 Å². The zero-order valence-corrected chi connectivity index (χ0v) is 12.5. The SMILES string of the molecule is CCNC(C)c1sc(COc2ccccc2)nc1C. The van der Waals surface area contributed by atoms with Crippen molar-refractivity contribution in [3.63, 3.8) is 0 Å². The van der Waals surface area contributed by atoms with Crippen LogP contribution in [0, 0.1) is 6.92 Å². The Morgan fingerprint density at radius 1 is 1.32 bits per heavy atom. The van der Waals surface area contributed by atoms with Gasteiger partial charge >= 0.3 is 0 Å². The minimum Gasteiger partial charge on any atom is -0.486 e. The molecular weight excluding hydrogens is 256 g/mol. The van der Waals surface area contributed by atoms with Gasteiger partial charge in [0.25, 0.3) is 0 Å². The van der Waals surface area contributed by atoms with Crippen LogP contribution in [0.3, 0.4) is 0 Å². The topological polar surface area (TPSA) is 34.1 Å². The lowest BCUT2D eigenvalue weighted by Crippen LogP contribution is -2.17. The molecule has 0 saturated carbocycles. The molecule has 0 spiro atoms. The van der Waals surface area contributed by atoms with Crippen molar-refractivity contribution < 1.29 is 4.74 Å². The van der Waals surface area contributed by atoms with Crippen molar-refractivity contribution >= 4 is 11.3 Å². The monoisotopic (exact) mass is 276 g/mol. The van der Waals surface area contributed by atoms with E-state index in [1.807, 2.05) is 30.3 Å². The van der Waals surface area contributed by atoms with Crippen LogP contribution in [0.4, 0.5) is 0 Å². The molecular formula is C15H20N2OS. The first-order valence-electron chi connectivity index (χ1n) is 6.58. The third kappa shape index (κ3) is 3.78. The fourth-order valence-corrected chi connectivity index (χ4v) is 3.00. The molecule has 0 fully saturated rings. The highest BCUT2D eigenvalue weighted by Gasteiger charge is 2.13. The van der Waals surface area contributed by atoms with Crippen molar-refractivity contribution in [1.29, 1.82) is 0 Å². The van der Waals surface area contributed by atoms with Gasteiger partial charge in [-0.15, -0.1) is 11.3 Å². The van der Waals surface area contributed by atoms with Crippen LogP contribution in [0.2, 0.25) is 0 Å². The number of para-hydroxylation sites is 1. The Morgan fingerprint density at radius 2 is 2.05 bits per heavy atom. The van der Waals surface area contributed by atoms with Gasteiger partial charge in [0.05, 0.1) is 5.69 Å². The van der Waals surface area contributed by atoms with E-state index in [0.717, 1.165) is 23.0 Å². The number of nitrogens with zero attached hydrogens (tertiary/aromatic N) is 1. The number of aryl methyl sites for hydroxylation is 1.